The van der Waals surface area contributed by atoms with Crippen LogP contribution in [0.25, 0.3) is 0 Å². The van der Waals surface area contributed by atoms with Crippen molar-refractivity contribution in [2.24, 2.45) is 5.73 Å². The molecule has 2 rings (SSSR count). The minimum absolute atomic E-state index is 0.297. The highest BCUT2D eigenvalue weighted by Gasteiger charge is 2.10. The first kappa shape index (κ1) is 13.4. The van der Waals surface area contributed by atoms with Crippen molar-refractivity contribution < 1.29 is 9.32 Å². The van der Waals surface area contributed by atoms with Crippen LogP contribution in [0.1, 0.15) is 27.4 Å². The van der Waals surface area contributed by atoms with Crippen LogP contribution in [0.15, 0.2) is 22.7 Å². The standard InChI is InChI=1S/C13H14ClN3O2/c1-7-11(8(2)19-17-7)6-16-9-3-4-12(14)10(5-9)13(15)18/h3-5,16H,6H2,1-2H3,(H2,15,18). The predicted molar refractivity (Wildman–Crippen MR) is 73.3 cm³/mol. The van der Waals surface area contributed by atoms with Crippen LogP contribution in [0.4, 0.5) is 5.69 Å². The molecule has 2 aromatic rings. The average molecular weight is 280 g/mol. The van der Waals surface area contributed by atoms with Crippen LogP contribution < -0.4 is 11.1 Å². The predicted octanol–water partition coefficient (Wildman–Crippen LogP) is 2.66. The van der Waals surface area contributed by atoms with Crippen LogP contribution in [-0.2, 0) is 6.54 Å². The fraction of sp³-hybridized carbons (Fsp3) is 0.231. The van der Waals surface area contributed by atoms with Crippen molar-refractivity contribution in [2.75, 3.05) is 5.32 Å². The number of rotatable bonds is 4. The summed E-state index contributed by atoms with van der Waals surface area (Å²) in [4.78, 5) is 11.2. The first-order chi connectivity index (χ1) is 8.99. The summed E-state index contributed by atoms with van der Waals surface area (Å²) in [5, 5.41) is 7.41. The Balaban J connectivity index is 2.16. The van der Waals surface area contributed by atoms with Gasteiger partial charge >= 0.3 is 0 Å². The quantitative estimate of drug-likeness (QED) is 0.901. The number of benzene rings is 1. The van der Waals surface area contributed by atoms with Crippen molar-refractivity contribution in [1.29, 1.82) is 0 Å². The monoisotopic (exact) mass is 279 g/mol. The lowest BCUT2D eigenvalue weighted by molar-refractivity contribution is 0.100. The Morgan fingerprint density at radius 1 is 1.47 bits per heavy atom. The molecule has 0 saturated carbocycles. The third-order valence-electron chi connectivity index (χ3n) is 2.88. The van der Waals surface area contributed by atoms with E-state index in [9.17, 15) is 4.79 Å². The fourth-order valence-corrected chi connectivity index (χ4v) is 1.98. The van der Waals surface area contributed by atoms with Gasteiger partial charge in [-0.2, -0.15) is 0 Å². The molecule has 19 heavy (non-hydrogen) atoms. The third kappa shape index (κ3) is 2.88. The molecular formula is C13H14ClN3O2. The Bertz CT molecular complexity index is 603. The molecule has 1 amide bonds. The number of carbonyl (C=O) groups excluding carboxylic acids is 1. The maximum Gasteiger partial charge on any atom is 0.250 e. The van der Waals surface area contributed by atoms with E-state index in [-0.39, 0.29) is 0 Å². The summed E-state index contributed by atoms with van der Waals surface area (Å²) in [6.45, 7) is 4.29. The maximum absolute atomic E-state index is 11.2. The number of primary amides is 1. The van der Waals surface area contributed by atoms with Crippen molar-refractivity contribution in [3.8, 4) is 0 Å². The van der Waals surface area contributed by atoms with E-state index in [4.69, 9.17) is 21.9 Å². The minimum Gasteiger partial charge on any atom is -0.381 e. The Labute approximate surface area is 115 Å². The molecular weight excluding hydrogens is 266 g/mol. The Morgan fingerprint density at radius 3 is 2.79 bits per heavy atom. The summed E-state index contributed by atoms with van der Waals surface area (Å²) >= 11 is 5.89. The second-order valence-electron chi connectivity index (χ2n) is 4.22. The van der Waals surface area contributed by atoms with Gasteiger partial charge in [-0.3, -0.25) is 4.79 Å². The molecule has 5 nitrogen and oxygen atoms in total. The number of hydrogen-bond donors (Lipinski definition) is 2. The van der Waals surface area contributed by atoms with Gasteiger partial charge in [0.05, 0.1) is 16.3 Å². The van der Waals surface area contributed by atoms with Crippen molar-refractivity contribution in [3.05, 3.63) is 45.8 Å². The molecule has 1 aromatic heterocycles. The number of nitrogens with one attached hydrogen (secondary N) is 1. The Hall–Kier alpha value is -2.01. The normalized spacial score (nSPS) is 10.5. The van der Waals surface area contributed by atoms with Gasteiger partial charge in [0.2, 0.25) is 5.91 Å². The number of nitrogens with two attached hydrogens (primary N) is 1. The molecule has 0 saturated heterocycles. The topological polar surface area (TPSA) is 81.2 Å². The molecule has 1 aromatic carbocycles. The van der Waals surface area contributed by atoms with Crippen LogP contribution in [-0.4, -0.2) is 11.1 Å². The summed E-state index contributed by atoms with van der Waals surface area (Å²) in [6.07, 6.45) is 0. The van der Waals surface area contributed by atoms with Gasteiger partial charge in [-0.15, -0.1) is 0 Å². The molecule has 0 spiro atoms. The Morgan fingerprint density at radius 2 is 2.21 bits per heavy atom. The van der Waals surface area contributed by atoms with E-state index in [0.29, 0.717) is 17.1 Å². The first-order valence-corrected chi connectivity index (χ1v) is 6.12. The van der Waals surface area contributed by atoms with Crippen LogP contribution in [0.5, 0.6) is 0 Å². The molecule has 3 N–H and O–H groups in total. The highest BCUT2D eigenvalue weighted by molar-refractivity contribution is 6.33. The fourth-order valence-electron chi connectivity index (χ4n) is 1.77. The number of aryl methyl sites for hydroxylation is 2. The molecule has 0 aliphatic carbocycles. The summed E-state index contributed by atoms with van der Waals surface area (Å²) in [5.74, 6) is 0.222. The molecule has 100 valence electrons. The molecule has 0 bridgehead atoms. The molecule has 6 heteroatoms. The minimum atomic E-state index is -0.550. The Kier molecular flexibility index (Phi) is 3.76. The molecule has 0 aliphatic heterocycles. The van der Waals surface area contributed by atoms with Gasteiger partial charge in [0.25, 0.3) is 0 Å². The van der Waals surface area contributed by atoms with Crippen LogP contribution in [0, 0.1) is 13.8 Å². The molecule has 1 heterocycles. The summed E-state index contributed by atoms with van der Waals surface area (Å²) in [7, 11) is 0. The SMILES string of the molecule is Cc1noc(C)c1CNc1ccc(Cl)c(C(N)=O)c1. The van der Waals surface area contributed by atoms with Gasteiger partial charge in [0, 0.05) is 17.8 Å². The van der Waals surface area contributed by atoms with Gasteiger partial charge in [-0.05, 0) is 32.0 Å². The van der Waals surface area contributed by atoms with E-state index < -0.39 is 5.91 Å². The third-order valence-corrected chi connectivity index (χ3v) is 3.21. The maximum atomic E-state index is 11.2. The van der Waals surface area contributed by atoms with Gasteiger partial charge in [-0.25, -0.2) is 0 Å². The number of amides is 1. The number of anilines is 1. The second kappa shape index (κ2) is 5.32. The van der Waals surface area contributed by atoms with Crippen LogP contribution in [0.2, 0.25) is 5.02 Å². The first-order valence-electron chi connectivity index (χ1n) is 5.74. The number of aromatic nitrogens is 1. The zero-order chi connectivity index (χ0) is 14.0. The van der Waals surface area contributed by atoms with Crippen LogP contribution >= 0.6 is 11.6 Å². The van der Waals surface area contributed by atoms with E-state index in [0.717, 1.165) is 22.7 Å². The van der Waals surface area contributed by atoms with Gasteiger partial charge in [0.15, 0.2) is 0 Å². The largest absolute Gasteiger partial charge is 0.381 e. The lowest BCUT2D eigenvalue weighted by Crippen LogP contribution is -2.12. The molecule has 0 radical (unpaired) electrons. The lowest BCUT2D eigenvalue weighted by atomic mass is 10.1. The van der Waals surface area contributed by atoms with E-state index in [1.165, 1.54) is 0 Å². The number of carbonyl (C=O) groups is 1. The number of halogens is 1. The summed E-state index contributed by atoms with van der Waals surface area (Å²) in [5.41, 5.74) is 8.14. The lowest BCUT2D eigenvalue weighted by Gasteiger charge is -2.08. The van der Waals surface area contributed by atoms with Gasteiger partial charge in [0.1, 0.15) is 5.76 Å². The highest BCUT2D eigenvalue weighted by atomic mass is 35.5. The van der Waals surface area contributed by atoms with E-state index in [1.807, 2.05) is 13.8 Å². The van der Waals surface area contributed by atoms with E-state index >= 15 is 0 Å². The van der Waals surface area contributed by atoms with Crippen molar-refractivity contribution in [3.63, 3.8) is 0 Å². The van der Waals surface area contributed by atoms with Crippen molar-refractivity contribution in [1.82, 2.24) is 5.16 Å². The smallest absolute Gasteiger partial charge is 0.250 e. The van der Waals surface area contributed by atoms with Gasteiger partial charge in [-0.1, -0.05) is 16.8 Å². The average Bonchev–Trinajstić information content (AvgIpc) is 2.68. The zero-order valence-electron chi connectivity index (χ0n) is 10.7. The summed E-state index contributed by atoms with van der Waals surface area (Å²) in [6, 6.07) is 5.05. The number of nitrogens with zero attached hydrogens (tertiary/aromatic N) is 1. The summed E-state index contributed by atoms with van der Waals surface area (Å²) < 4.78 is 5.08. The highest BCUT2D eigenvalue weighted by Crippen LogP contribution is 2.21. The van der Waals surface area contributed by atoms with Crippen molar-refractivity contribution >= 4 is 23.2 Å². The zero-order valence-corrected chi connectivity index (χ0v) is 11.4. The number of hydrogen-bond acceptors (Lipinski definition) is 4. The molecule has 0 fully saturated rings. The van der Waals surface area contributed by atoms with E-state index in [1.54, 1.807) is 18.2 Å². The van der Waals surface area contributed by atoms with E-state index in [2.05, 4.69) is 10.5 Å². The second-order valence-corrected chi connectivity index (χ2v) is 4.62. The van der Waals surface area contributed by atoms with Crippen molar-refractivity contribution in [2.45, 2.75) is 20.4 Å². The molecule has 0 aliphatic rings. The molecule has 0 unspecified atom stereocenters. The van der Waals surface area contributed by atoms with Crippen LogP contribution in [0.3, 0.4) is 0 Å². The van der Waals surface area contributed by atoms with Gasteiger partial charge < -0.3 is 15.6 Å². The molecule has 0 atom stereocenters.